The van der Waals surface area contributed by atoms with E-state index < -0.39 is 0 Å². The minimum absolute atomic E-state index is 0.380. The molecule has 0 saturated carbocycles. The van der Waals surface area contributed by atoms with Crippen LogP contribution in [0.25, 0.3) is 0 Å². The van der Waals surface area contributed by atoms with E-state index in [2.05, 4.69) is 34.0 Å². The zero-order valence-corrected chi connectivity index (χ0v) is 13.5. The van der Waals surface area contributed by atoms with Gasteiger partial charge in [-0.05, 0) is 59.5 Å². The lowest BCUT2D eigenvalue weighted by atomic mass is 9.94. The van der Waals surface area contributed by atoms with Crippen LogP contribution >= 0.6 is 33.9 Å². The van der Waals surface area contributed by atoms with Crippen LogP contribution in [0.15, 0.2) is 30.3 Å². The van der Waals surface area contributed by atoms with Gasteiger partial charge in [0.15, 0.2) is 0 Å². The molecule has 1 aliphatic rings. The van der Waals surface area contributed by atoms with E-state index in [4.69, 9.17) is 0 Å². The van der Waals surface area contributed by atoms with Crippen molar-refractivity contribution in [1.82, 2.24) is 5.32 Å². The van der Waals surface area contributed by atoms with Crippen molar-refractivity contribution in [2.45, 2.75) is 31.8 Å². The molecule has 2 nitrogen and oxygen atoms in total. The molecule has 1 aromatic heterocycles. The monoisotopic (exact) mass is 385 g/mol. The molecule has 1 atom stereocenters. The number of hydrogen-bond acceptors (Lipinski definition) is 3. The maximum atomic E-state index is 9.80. The number of nitrogens with one attached hydrogen (secondary N) is 1. The zero-order chi connectivity index (χ0) is 13.2. The lowest BCUT2D eigenvalue weighted by Gasteiger charge is -2.24. The van der Waals surface area contributed by atoms with Crippen molar-refractivity contribution in [2.75, 3.05) is 0 Å². The van der Waals surface area contributed by atoms with Crippen LogP contribution in [0.3, 0.4) is 0 Å². The Morgan fingerprint density at radius 2 is 2.21 bits per heavy atom. The van der Waals surface area contributed by atoms with E-state index in [0.717, 1.165) is 12.1 Å². The van der Waals surface area contributed by atoms with E-state index >= 15 is 0 Å². The largest absolute Gasteiger partial charge is 0.508 e. The molecule has 0 fully saturated rings. The normalized spacial score (nSPS) is 18.3. The highest BCUT2D eigenvalue weighted by molar-refractivity contribution is 14.1. The summed E-state index contributed by atoms with van der Waals surface area (Å²) in [6.45, 7) is 0.725. The quantitative estimate of drug-likeness (QED) is 0.776. The van der Waals surface area contributed by atoms with Crippen LogP contribution < -0.4 is 5.32 Å². The highest BCUT2D eigenvalue weighted by Crippen LogP contribution is 2.36. The number of fused-ring (bicyclic) bond motifs is 1. The van der Waals surface area contributed by atoms with E-state index in [1.54, 1.807) is 6.07 Å². The summed E-state index contributed by atoms with van der Waals surface area (Å²) in [4.78, 5) is 1.53. The summed E-state index contributed by atoms with van der Waals surface area (Å²) < 4.78 is 1.37. The SMILES string of the molecule is Oc1ccccc1CNC1CCCc2sc(I)cc21. The predicted molar refractivity (Wildman–Crippen MR) is 87.7 cm³/mol. The first-order chi connectivity index (χ1) is 9.24. The third-order valence-corrected chi connectivity index (χ3v) is 5.59. The Balaban J connectivity index is 1.73. The van der Waals surface area contributed by atoms with Crippen LogP contribution in [0.5, 0.6) is 5.75 Å². The van der Waals surface area contributed by atoms with Crippen molar-refractivity contribution in [2.24, 2.45) is 0 Å². The Labute approximate surface area is 131 Å². The lowest BCUT2D eigenvalue weighted by Crippen LogP contribution is -2.23. The molecule has 1 aromatic carbocycles. The molecule has 3 rings (SSSR count). The first kappa shape index (κ1) is 13.4. The topological polar surface area (TPSA) is 32.3 Å². The van der Waals surface area contributed by atoms with Gasteiger partial charge in [0.1, 0.15) is 5.75 Å². The van der Waals surface area contributed by atoms with Crippen molar-refractivity contribution >= 4 is 33.9 Å². The Kier molecular flexibility index (Phi) is 4.10. The summed E-state index contributed by atoms with van der Waals surface area (Å²) in [5, 5.41) is 13.4. The average Bonchev–Trinajstić information content (AvgIpc) is 2.78. The van der Waals surface area contributed by atoms with Crippen LogP contribution in [-0.4, -0.2) is 5.11 Å². The standard InChI is InChI=1S/C15H16INOS/c16-15-8-11-12(5-3-7-14(11)19-15)17-9-10-4-1-2-6-13(10)18/h1-2,4,6,8,12,17-18H,3,5,7,9H2. The van der Waals surface area contributed by atoms with Gasteiger partial charge in [-0.25, -0.2) is 0 Å². The van der Waals surface area contributed by atoms with Gasteiger partial charge in [0.05, 0.1) is 2.88 Å². The van der Waals surface area contributed by atoms with Crippen LogP contribution in [-0.2, 0) is 13.0 Å². The molecule has 0 aliphatic heterocycles. The molecule has 2 aromatic rings. The molecule has 1 unspecified atom stereocenters. The number of rotatable bonds is 3. The van der Waals surface area contributed by atoms with E-state index in [1.165, 1.54) is 32.6 Å². The Bertz CT molecular complexity index is 581. The number of halogens is 1. The highest BCUT2D eigenvalue weighted by atomic mass is 127. The number of thiophene rings is 1. The molecule has 1 heterocycles. The fourth-order valence-electron chi connectivity index (χ4n) is 2.63. The summed E-state index contributed by atoms with van der Waals surface area (Å²) in [7, 11) is 0. The van der Waals surface area contributed by atoms with E-state index in [1.807, 2.05) is 29.5 Å². The molecule has 0 bridgehead atoms. The number of benzene rings is 1. The lowest BCUT2D eigenvalue weighted by molar-refractivity contribution is 0.440. The second kappa shape index (κ2) is 5.81. The molecule has 1 aliphatic carbocycles. The van der Waals surface area contributed by atoms with Gasteiger partial charge >= 0.3 is 0 Å². The molecular formula is C15H16INOS. The third kappa shape index (κ3) is 2.95. The molecule has 2 N–H and O–H groups in total. The number of para-hydroxylation sites is 1. The molecule has 0 radical (unpaired) electrons. The summed E-state index contributed by atoms with van der Waals surface area (Å²) in [5.41, 5.74) is 2.44. The first-order valence-electron chi connectivity index (χ1n) is 6.52. The van der Waals surface area contributed by atoms with Crippen LogP contribution in [0.4, 0.5) is 0 Å². The first-order valence-corrected chi connectivity index (χ1v) is 8.42. The molecular weight excluding hydrogens is 369 g/mol. The second-order valence-corrected chi connectivity index (χ2v) is 7.91. The molecule has 4 heteroatoms. The summed E-state index contributed by atoms with van der Waals surface area (Å²) in [6.07, 6.45) is 3.66. The summed E-state index contributed by atoms with van der Waals surface area (Å²) in [5.74, 6) is 0.380. The van der Waals surface area contributed by atoms with Gasteiger partial charge in [0, 0.05) is 23.0 Å². The summed E-state index contributed by atoms with van der Waals surface area (Å²) in [6, 6.07) is 10.3. The van der Waals surface area contributed by atoms with Gasteiger partial charge < -0.3 is 10.4 Å². The molecule has 0 saturated heterocycles. The van der Waals surface area contributed by atoms with E-state index in [0.29, 0.717) is 11.8 Å². The van der Waals surface area contributed by atoms with Crippen molar-refractivity contribution < 1.29 is 5.11 Å². The van der Waals surface area contributed by atoms with Gasteiger partial charge in [0.2, 0.25) is 0 Å². The molecule has 19 heavy (non-hydrogen) atoms. The van der Waals surface area contributed by atoms with E-state index in [9.17, 15) is 5.11 Å². The maximum absolute atomic E-state index is 9.80. The van der Waals surface area contributed by atoms with Crippen molar-refractivity contribution in [3.05, 3.63) is 49.2 Å². The Morgan fingerprint density at radius 1 is 1.37 bits per heavy atom. The van der Waals surface area contributed by atoms with Crippen molar-refractivity contribution in [1.29, 1.82) is 0 Å². The molecule has 0 amide bonds. The van der Waals surface area contributed by atoms with E-state index in [-0.39, 0.29) is 0 Å². The Hall–Kier alpha value is -0.590. The minimum atomic E-state index is 0.380. The molecule has 100 valence electrons. The number of hydrogen-bond donors (Lipinski definition) is 2. The minimum Gasteiger partial charge on any atom is -0.508 e. The van der Waals surface area contributed by atoms with Crippen LogP contribution in [0, 0.1) is 2.88 Å². The highest BCUT2D eigenvalue weighted by Gasteiger charge is 2.22. The summed E-state index contributed by atoms with van der Waals surface area (Å²) >= 11 is 4.32. The van der Waals surface area contributed by atoms with Crippen molar-refractivity contribution in [3.63, 3.8) is 0 Å². The second-order valence-electron chi connectivity index (χ2n) is 4.88. The van der Waals surface area contributed by atoms with Gasteiger partial charge in [0.25, 0.3) is 0 Å². The van der Waals surface area contributed by atoms with Crippen molar-refractivity contribution in [3.8, 4) is 5.75 Å². The van der Waals surface area contributed by atoms with Crippen LogP contribution in [0.1, 0.15) is 34.9 Å². The third-order valence-electron chi connectivity index (χ3n) is 3.61. The Morgan fingerprint density at radius 3 is 3.05 bits per heavy atom. The smallest absolute Gasteiger partial charge is 0.120 e. The van der Waals surface area contributed by atoms with Gasteiger partial charge in [-0.1, -0.05) is 18.2 Å². The number of phenolic OH excluding ortho intramolecular Hbond substituents is 1. The number of phenols is 1. The van der Waals surface area contributed by atoms with Gasteiger partial charge in [-0.2, -0.15) is 0 Å². The zero-order valence-electron chi connectivity index (χ0n) is 10.5. The fraction of sp³-hybridized carbons (Fsp3) is 0.333. The number of aryl methyl sites for hydroxylation is 1. The van der Waals surface area contributed by atoms with Gasteiger partial charge in [-0.3, -0.25) is 0 Å². The fourth-order valence-corrected chi connectivity index (χ4v) is 4.75. The predicted octanol–water partition coefficient (Wildman–Crippen LogP) is 4.23. The molecule has 0 spiro atoms. The average molecular weight is 385 g/mol. The number of aromatic hydroxyl groups is 1. The van der Waals surface area contributed by atoms with Crippen LogP contribution in [0.2, 0.25) is 0 Å². The van der Waals surface area contributed by atoms with Gasteiger partial charge in [-0.15, -0.1) is 11.3 Å². The maximum Gasteiger partial charge on any atom is 0.120 e.